The lowest BCUT2D eigenvalue weighted by Crippen LogP contribution is -2.46. The van der Waals surface area contributed by atoms with Crippen LogP contribution < -0.4 is 10.6 Å². The highest BCUT2D eigenvalue weighted by atomic mass is 16.2. The van der Waals surface area contributed by atoms with E-state index in [0.717, 1.165) is 16.8 Å². The number of hydrogen-bond acceptors (Lipinski definition) is 2. The molecular weight excluding hydrogens is 300 g/mol. The van der Waals surface area contributed by atoms with E-state index in [2.05, 4.69) is 10.6 Å². The normalized spacial score (nSPS) is 12.3. The molecule has 0 fully saturated rings. The lowest BCUT2D eigenvalue weighted by molar-refractivity contribution is -0.131. The Hall–Kier alpha value is -2.62. The van der Waals surface area contributed by atoms with Crippen molar-refractivity contribution in [1.29, 1.82) is 0 Å². The minimum atomic E-state index is -0.611. The fourth-order valence-electron chi connectivity index (χ4n) is 2.18. The fourth-order valence-corrected chi connectivity index (χ4v) is 2.18. The van der Waals surface area contributed by atoms with Crippen LogP contribution in [0.3, 0.4) is 0 Å². The van der Waals surface area contributed by atoms with Gasteiger partial charge in [-0.05, 0) is 18.6 Å². The molecule has 2 rings (SSSR count). The molecule has 0 radical (unpaired) electrons. The Morgan fingerprint density at radius 2 is 1.50 bits per heavy atom. The van der Waals surface area contributed by atoms with Gasteiger partial charge in [-0.3, -0.25) is 9.59 Å². The zero-order valence-electron chi connectivity index (χ0n) is 14.6. The maximum absolute atomic E-state index is 12.4. The van der Waals surface area contributed by atoms with E-state index in [1.54, 1.807) is 6.92 Å². The smallest absolute Gasteiger partial charge is 0.246 e. The van der Waals surface area contributed by atoms with E-state index in [9.17, 15) is 9.59 Å². The Kier molecular flexibility index (Phi) is 5.39. The van der Waals surface area contributed by atoms with Gasteiger partial charge in [0.05, 0.1) is 0 Å². The number of para-hydroxylation sites is 1. The third-order valence-corrected chi connectivity index (χ3v) is 3.69. The zero-order valence-corrected chi connectivity index (χ0v) is 14.6. The van der Waals surface area contributed by atoms with Gasteiger partial charge in [-0.1, -0.05) is 69.3 Å². The van der Waals surface area contributed by atoms with Crippen molar-refractivity contribution in [3.8, 4) is 11.1 Å². The summed E-state index contributed by atoms with van der Waals surface area (Å²) in [6.07, 6.45) is 0. The molecule has 2 aromatic carbocycles. The first-order valence-corrected chi connectivity index (χ1v) is 8.05. The van der Waals surface area contributed by atoms with Gasteiger partial charge in [0, 0.05) is 16.7 Å². The van der Waals surface area contributed by atoms with Gasteiger partial charge in [-0.15, -0.1) is 0 Å². The predicted molar refractivity (Wildman–Crippen MR) is 97.6 cm³/mol. The topological polar surface area (TPSA) is 58.2 Å². The van der Waals surface area contributed by atoms with Crippen LogP contribution in [-0.4, -0.2) is 17.9 Å². The first kappa shape index (κ1) is 17.7. The Morgan fingerprint density at radius 3 is 2.12 bits per heavy atom. The van der Waals surface area contributed by atoms with Gasteiger partial charge in [-0.2, -0.15) is 0 Å². The second-order valence-corrected chi connectivity index (χ2v) is 6.85. The standard InChI is InChI=1S/C20H24N2O2/c1-14(21-19(24)20(2,3)4)18(23)22-17-13-9-8-12-16(17)15-10-6-5-7-11-15/h5-14H,1-4H3,(H,21,24)(H,22,23). The van der Waals surface area contributed by atoms with Crippen molar-refractivity contribution in [2.75, 3.05) is 5.32 Å². The molecule has 0 spiro atoms. The van der Waals surface area contributed by atoms with E-state index >= 15 is 0 Å². The van der Waals surface area contributed by atoms with E-state index < -0.39 is 11.5 Å². The van der Waals surface area contributed by atoms with Crippen molar-refractivity contribution >= 4 is 17.5 Å². The molecule has 4 nitrogen and oxygen atoms in total. The molecule has 1 atom stereocenters. The van der Waals surface area contributed by atoms with Crippen LogP contribution in [0.4, 0.5) is 5.69 Å². The molecule has 0 bridgehead atoms. The van der Waals surface area contributed by atoms with Crippen molar-refractivity contribution in [2.24, 2.45) is 5.41 Å². The number of hydrogen-bond donors (Lipinski definition) is 2. The van der Waals surface area contributed by atoms with Gasteiger partial charge in [0.15, 0.2) is 0 Å². The van der Waals surface area contributed by atoms with Crippen molar-refractivity contribution in [3.63, 3.8) is 0 Å². The van der Waals surface area contributed by atoms with Gasteiger partial charge in [0.1, 0.15) is 6.04 Å². The third-order valence-electron chi connectivity index (χ3n) is 3.69. The molecule has 24 heavy (non-hydrogen) atoms. The summed E-state index contributed by atoms with van der Waals surface area (Å²) in [4.78, 5) is 24.5. The molecule has 2 aromatic rings. The van der Waals surface area contributed by atoms with Gasteiger partial charge in [-0.25, -0.2) is 0 Å². The molecule has 2 amide bonds. The van der Waals surface area contributed by atoms with Crippen LogP contribution in [0.1, 0.15) is 27.7 Å². The Morgan fingerprint density at radius 1 is 0.917 bits per heavy atom. The molecule has 126 valence electrons. The summed E-state index contributed by atoms with van der Waals surface area (Å²) < 4.78 is 0. The lowest BCUT2D eigenvalue weighted by Gasteiger charge is -2.22. The number of nitrogens with one attached hydrogen (secondary N) is 2. The second-order valence-electron chi connectivity index (χ2n) is 6.85. The first-order chi connectivity index (χ1) is 11.3. The molecule has 0 aromatic heterocycles. The minimum absolute atomic E-state index is 0.151. The number of anilines is 1. The largest absolute Gasteiger partial charge is 0.344 e. The highest BCUT2D eigenvalue weighted by Crippen LogP contribution is 2.27. The van der Waals surface area contributed by atoms with Crippen molar-refractivity contribution < 1.29 is 9.59 Å². The van der Waals surface area contributed by atoms with E-state index in [1.165, 1.54) is 0 Å². The summed E-state index contributed by atoms with van der Waals surface area (Å²) in [6, 6.07) is 16.9. The number of carbonyl (C=O) groups is 2. The zero-order chi connectivity index (χ0) is 17.7. The monoisotopic (exact) mass is 324 g/mol. The lowest BCUT2D eigenvalue weighted by atomic mass is 9.95. The average molecular weight is 324 g/mol. The Labute approximate surface area is 143 Å². The van der Waals surface area contributed by atoms with E-state index in [1.807, 2.05) is 75.4 Å². The van der Waals surface area contributed by atoms with Crippen LogP contribution in [0, 0.1) is 5.41 Å². The van der Waals surface area contributed by atoms with Gasteiger partial charge >= 0.3 is 0 Å². The van der Waals surface area contributed by atoms with Crippen molar-refractivity contribution in [2.45, 2.75) is 33.7 Å². The van der Waals surface area contributed by atoms with Gasteiger partial charge in [0.25, 0.3) is 0 Å². The number of amides is 2. The molecule has 0 saturated heterocycles. The molecule has 0 aliphatic rings. The van der Waals surface area contributed by atoms with Crippen LogP contribution in [-0.2, 0) is 9.59 Å². The molecule has 0 aliphatic carbocycles. The maximum atomic E-state index is 12.4. The van der Waals surface area contributed by atoms with Crippen LogP contribution >= 0.6 is 0 Å². The van der Waals surface area contributed by atoms with Crippen LogP contribution in [0.15, 0.2) is 54.6 Å². The predicted octanol–water partition coefficient (Wildman–Crippen LogP) is 3.84. The number of benzene rings is 2. The van der Waals surface area contributed by atoms with E-state index in [0.29, 0.717) is 0 Å². The fraction of sp³-hybridized carbons (Fsp3) is 0.300. The summed E-state index contributed by atoms with van der Waals surface area (Å²) in [5.41, 5.74) is 2.17. The Bertz CT molecular complexity index is 718. The number of rotatable bonds is 4. The van der Waals surface area contributed by atoms with Crippen molar-refractivity contribution in [3.05, 3.63) is 54.6 Å². The van der Waals surface area contributed by atoms with Crippen molar-refractivity contribution in [1.82, 2.24) is 5.32 Å². The summed E-state index contributed by atoms with van der Waals surface area (Å²) >= 11 is 0. The van der Waals surface area contributed by atoms with Gasteiger partial charge in [0.2, 0.25) is 11.8 Å². The molecule has 1 unspecified atom stereocenters. The third kappa shape index (κ3) is 4.44. The maximum Gasteiger partial charge on any atom is 0.246 e. The molecule has 0 saturated carbocycles. The molecule has 0 heterocycles. The molecule has 2 N–H and O–H groups in total. The van der Waals surface area contributed by atoms with E-state index in [-0.39, 0.29) is 11.8 Å². The summed E-state index contributed by atoms with van der Waals surface area (Å²) in [5.74, 6) is -0.391. The van der Waals surface area contributed by atoms with Crippen LogP contribution in [0.2, 0.25) is 0 Å². The quantitative estimate of drug-likeness (QED) is 0.897. The van der Waals surface area contributed by atoms with Crippen LogP contribution in [0.5, 0.6) is 0 Å². The van der Waals surface area contributed by atoms with E-state index in [4.69, 9.17) is 0 Å². The SMILES string of the molecule is CC(NC(=O)C(C)(C)C)C(=O)Nc1ccccc1-c1ccccc1. The minimum Gasteiger partial charge on any atom is -0.344 e. The summed E-state index contributed by atoms with van der Waals surface area (Å²) in [7, 11) is 0. The number of carbonyl (C=O) groups excluding carboxylic acids is 2. The highest BCUT2D eigenvalue weighted by molar-refractivity contribution is 6.00. The molecular formula is C20H24N2O2. The molecule has 0 aliphatic heterocycles. The first-order valence-electron chi connectivity index (χ1n) is 8.05. The summed E-state index contributed by atoms with van der Waals surface area (Å²) in [6.45, 7) is 7.14. The Balaban J connectivity index is 2.14. The highest BCUT2D eigenvalue weighted by Gasteiger charge is 2.25. The van der Waals surface area contributed by atoms with Gasteiger partial charge < -0.3 is 10.6 Å². The second kappa shape index (κ2) is 7.30. The van der Waals surface area contributed by atoms with Crippen LogP contribution in [0.25, 0.3) is 11.1 Å². The average Bonchev–Trinajstić information content (AvgIpc) is 2.55. The summed E-state index contributed by atoms with van der Waals surface area (Å²) in [5, 5.41) is 5.66. The molecule has 4 heteroatoms.